The molecule has 1 aromatic heterocycles. The first-order valence-corrected chi connectivity index (χ1v) is 5.93. The Labute approximate surface area is 96.2 Å². The van der Waals surface area contributed by atoms with Crippen LogP contribution in [0.4, 0.5) is 0 Å². The van der Waals surface area contributed by atoms with Crippen LogP contribution in [0.25, 0.3) is 0 Å². The summed E-state index contributed by atoms with van der Waals surface area (Å²) in [4.78, 5) is 0. The molecule has 1 N–H and O–H groups in total. The van der Waals surface area contributed by atoms with Crippen LogP contribution in [0.15, 0.2) is 6.20 Å². The third-order valence-electron chi connectivity index (χ3n) is 3.34. The van der Waals surface area contributed by atoms with E-state index < -0.39 is 5.60 Å². The predicted octanol–water partition coefficient (Wildman–Crippen LogP) is 2.23. The number of nitrogens with zero attached hydrogens (tertiary/aromatic N) is 2. The van der Waals surface area contributed by atoms with Gasteiger partial charge in [0.1, 0.15) is 11.3 Å². The van der Waals surface area contributed by atoms with Crippen LogP contribution in [0.1, 0.15) is 51.3 Å². The fourth-order valence-electron chi connectivity index (χ4n) is 2.53. The van der Waals surface area contributed by atoms with Crippen LogP contribution in [0.2, 0.25) is 0 Å². The third kappa shape index (κ3) is 1.71. The van der Waals surface area contributed by atoms with Crippen LogP contribution >= 0.6 is 0 Å². The first-order chi connectivity index (χ1) is 7.58. The highest BCUT2D eigenvalue weighted by atomic mass is 16.5. The van der Waals surface area contributed by atoms with E-state index in [-0.39, 0.29) is 6.04 Å². The summed E-state index contributed by atoms with van der Waals surface area (Å²) >= 11 is 0. The van der Waals surface area contributed by atoms with Gasteiger partial charge in [-0.1, -0.05) is 12.8 Å². The van der Waals surface area contributed by atoms with Crippen molar-refractivity contribution in [3.05, 3.63) is 11.9 Å². The number of aromatic nitrogens is 2. The molecular weight excluding hydrogens is 204 g/mol. The van der Waals surface area contributed by atoms with Crippen molar-refractivity contribution in [3.8, 4) is 5.75 Å². The summed E-state index contributed by atoms with van der Waals surface area (Å²) in [5, 5.41) is 15.0. The molecule has 90 valence electrons. The Morgan fingerprint density at radius 2 is 2.06 bits per heavy atom. The highest BCUT2D eigenvalue weighted by molar-refractivity contribution is 5.32. The van der Waals surface area contributed by atoms with Gasteiger partial charge in [-0.25, -0.2) is 0 Å². The Hall–Kier alpha value is -1.03. The summed E-state index contributed by atoms with van der Waals surface area (Å²) < 4.78 is 7.19. The van der Waals surface area contributed by atoms with Crippen LogP contribution in [0.3, 0.4) is 0 Å². The Kier molecular flexibility index (Phi) is 2.93. The molecule has 4 heteroatoms. The van der Waals surface area contributed by atoms with E-state index >= 15 is 0 Å². The van der Waals surface area contributed by atoms with Gasteiger partial charge in [0.2, 0.25) is 0 Å². The summed E-state index contributed by atoms with van der Waals surface area (Å²) in [6, 6.07) is 0.239. The van der Waals surface area contributed by atoms with E-state index in [0.717, 1.165) is 31.4 Å². The summed E-state index contributed by atoms with van der Waals surface area (Å²) in [5.74, 6) is 0.707. The van der Waals surface area contributed by atoms with Crippen LogP contribution < -0.4 is 4.74 Å². The third-order valence-corrected chi connectivity index (χ3v) is 3.34. The van der Waals surface area contributed by atoms with E-state index in [0.29, 0.717) is 5.75 Å². The van der Waals surface area contributed by atoms with Gasteiger partial charge in [-0.05, 0) is 26.7 Å². The molecule has 2 rings (SSSR count). The molecule has 4 nitrogen and oxygen atoms in total. The number of methoxy groups -OCH3 is 1. The van der Waals surface area contributed by atoms with E-state index in [1.807, 2.05) is 4.68 Å². The fraction of sp³-hybridized carbons (Fsp3) is 0.750. The molecule has 0 spiro atoms. The van der Waals surface area contributed by atoms with Crippen molar-refractivity contribution in [2.45, 2.75) is 51.2 Å². The molecular formula is C12H20N2O2. The maximum absolute atomic E-state index is 10.7. The summed E-state index contributed by atoms with van der Waals surface area (Å²) in [5.41, 5.74) is 0.106. The lowest BCUT2D eigenvalue weighted by Crippen LogP contribution is -2.27. The van der Waals surface area contributed by atoms with Crippen LogP contribution in [-0.4, -0.2) is 22.0 Å². The van der Waals surface area contributed by atoms with Crippen molar-refractivity contribution in [2.75, 3.05) is 7.11 Å². The van der Waals surface area contributed by atoms with Gasteiger partial charge in [-0.15, -0.1) is 0 Å². The number of aliphatic hydroxyl groups is 1. The Balaban J connectivity index is 2.47. The van der Waals surface area contributed by atoms with Gasteiger partial charge in [0.05, 0.1) is 13.3 Å². The molecule has 1 aromatic rings. The van der Waals surface area contributed by atoms with E-state index in [1.165, 1.54) is 0 Å². The Bertz CT molecular complexity index is 365. The van der Waals surface area contributed by atoms with Gasteiger partial charge >= 0.3 is 0 Å². The molecule has 0 amide bonds. The Morgan fingerprint density at radius 1 is 1.44 bits per heavy atom. The topological polar surface area (TPSA) is 47.3 Å². The van der Waals surface area contributed by atoms with E-state index in [9.17, 15) is 5.11 Å². The van der Waals surface area contributed by atoms with Gasteiger partial charge in [-0.2, -0.15) is 5.10 Å². The first-order valence-electron chi connectivity index (χ1n) is 5.93. The first kappa shape index (κ1) is 11.5. The summed E-state index contributed by atoms with van der Waals surface area (Å²) in [6.07, 6.45) is 5.46. The largest absolute Gasteiger partial charge is 0.493 e. The molecule has 1 aliphatic rings. The molecule has 0 unspecified atom stereocenters. The minimum absolute atomic E-state index is 0.239. The molecule has 1 aliphatic carbocycles. The van der Waals surface area contributed by atoms with E-state index in [4.69, 9.17) is 4.74 Å². The average molecular weight is 224 g/mol. The van der Waals surface area contributed by atoms with Gasteiger partial charge < -0.3 is 9.84 Å². The second-order valence-electron chi connectivity index (χ2n) is 4.84. The van der Waals surface area contributed by atoms with Crippen molar-refractivity contribution in [2.24, 2.45) is 0 Å². The summed E-state index contributed by atoms with van der Waals surface area (Å²) in [7, 11) is 1.63. The number of ether oxygens (including phenoxy) is 1. The average Bonchev–Trinajstić information content (AvgIpc) is 2.83. The molecule has 0 radical (unpaired) electrons. The zero-order chi connectivity index (χ0) is 11.8. The van der Waals surface area contributed by atoms with Gasteiger partial charge in [0.15, 0.2) is 5.75 Å². The van der Waals surface area contributed by atoms with Crippen molar-refractivity contribution in [3.63, 3.8) is 0 Å². The maximum atomic E-state index is 10.7. The van der Waals surface area contributed by atoms with Crippen LogP contribution in [0.5, 0.6) is 5.75 Å². The fourth-order valence-corrected chi connectivity index (χ4v) is 2.53. The number of hydrogen-bond acceptors (Lipinski definition) is 3. The van der Waals surface area contributed by atoms with Gasteiger partial charge in [0, 0.05) is 6.04 Å². The number of rotatable bonds is 3. The molecule has 0 atom stereocenters. The second kappa shape index (κ2) is 4.09. The van der Waals surface area contributed by atoms with Gasteiger partial charge in [0.25, 0.3) is 0 Å². The smallest absolute Gasteiger partial charge is 0.162 e. The molecule has 1 fully saturated rings. The zero-order valence-corrected chi connectivity index (χ0v) is 10.2. The van der Waals surface area contributed by atoms with Crippen molar-refractivity contribution >= 4 is 0 Å². The maximum Gasteiger partial charge on any atom is 0.162 e. The standard InChI is InChI=1S/C12H20N2O2/c1-9(2)14-11(10(16-3)8-13-14)12(15)6-4-5-7-12/h8-9,15H,4-7H2,1-3H3. The molecule has 0 aliphatic heterocycles. The van der Waals surface area contributed by atoms with Crippen molar-refractivity contribution < 1.29 is 9.84 Å². The SMILES string of the molecule is COc1cnn(C(C)C)c1C1(O)CCCC1. The van der Waals surface area contributed by atoms with E-state index in [2.05, 4.69) is 18.9 Å². The summed E-state index contributed by atoms with van der Waals surface area (Å²) in [6.45, 7) is 4.13. The van der Waals surface area contributed by atoms with Crippen LogP contribution in [0, 0.1) is 0 Å². The molecule has 16 heavy (non-hydrogen) atoms. The molecule has 1 saturated carbocycles. The lowest BCUT2D eigenvalue weighted by molar-refractivity contribution is 0.0313. The molecule has 0 aromatic carbocycles. The lowest BCUT2D eigenvalue weighted by atomic mass is 9.97. The number of hydrogen-bond donors (Lipinski definition) is 1. The lowest BCUT2D eigenvalue weighted by Gasteiger charge is -2.25. The minimum atomic E-state index is -0.744. The zero-order valence-electron chi connectivity index (χ0n) is 10.2. The van der Waals surface area contributed by atoms with Crippen molar-refractivity contribution in [1.29, 1.82) is 0 Å². The molecule has 1 heterocycles. The normalized spacial score (nSPS) is 19.3. The Morgan fingerprint density at radius 3 is 2.56 bits per heavy atom. The monoisotopic (exact) mass is 224 g/mol. The quantitative estimate of drug-likeness (QED) is 0.856. The van der Waals surface area contributed by atoms with Crippen LogP contribution in [-0.2, 0) is 5.60 Å². The second-order valence-corrected chi connectivity index (χ2v) is 4.84. The van der Waals surface area contributed by atoms with Crippen molar-refractivity contribution in [1.82, 2.24) is 9.78 Å². The molecule has 0 bridgehead atoms. The highest BCUT2D eigenvalue weighted by Gasteiger charge is 2.39. The van der Waals surface area contributed by atoms with Gasteiger partial charge in [-0.3, -0.25) is 4.68 Å². The minimum Gasteiger partial charge on any atom is -0.493 e. The highest BCUT2D eigenvalue weighted by Crippen LogP contribution is 2.43. The molecule has 0 saturated heterocycles. The predicted molar refractivity (Wildman–Crippen MR) is 61.5 cm³/mol. The van der Waals surface area contributed by atoms with E-state index in [1.54, 1.807) is 13.3 Å².